The summed E-state index contributed by atoms with van der Waals surface area (Å²) in [5.41, 5.74) is 3.94. The molecule has 0 unspecified atom stereocenters. The molecule has 8 heteroatoms. The SMILES string of the molecule is Cc1cc(/C=C2\C(=N)N3N=C(C4CCCCC4)SC3=NC2=O)c(C)n1-c1ccccc1Cl. The maximum absolute atomic E-state index is 12.8. The lowest BCUT2D eigenvalue weighted by Crippen LogP contribution is -2.35. The smallest absolute Gasteiger partial charge is 0.283 e. The molecule has 2 aromatic rings. The molecule has 0 radical (unpaired) electrons. The highest BCUT2D eigenvalue weighted by atomic mass is 35.5. The highest BCUT2D eigenvalue weighted by Gasteiger charge is 2.38. The molecule has 0 saturated heterocycles. The number of thioether (sulfide) groups is 1. The van der Waals surface area contributed by atoms with Gasteiger partial charge in [0, 0.05) is 17.3 Å². The zero-order valence-electron chi connectivity index (χ0n) is 18.1. The number of hydrogen-bond acceptors (Lipinski definition) is 4. The molecule has 0 atom stereocenters. The topological polar surface area (TPSA) is 73.8 Å². The standard InChI is InChI=1S/C24H24ClN5OS/c1-14-12-17(15(2)29(14)20-11-7-6-10-19(20)25)13-18-21(26)30-24(27-22(18)31)32-23(28-30)16-8-4-3-5-9-16/h6-7,10-13,16,26H,3-5,8-9H2,1-2H3/b18-13+,26-21?. The first-order chi connectivity index (χ1) is 15.4. The largest absolute Gasteiger partial charge is 0.316 e. The number of amidine groups is 2. The fourth-order valence-electron chi connectivity index (χ4n) is 4.61. The number of amides is 1. The Morgan fingerprint density at radius 1 is 1.19 bits per heavy atom. The second kappa shape index (κ2) is 8.37. The second-order valence-electron chi connectivity index (χ2n) is 8.41. The average molecular weight is 466 g/mol. The second-order valence-corrected chi connectivity index (χ2v) is 9.80. The maximum atomic E-state index is 12.8. The summed E-state index contributed by atoms with van der Waals surface area (Å²) in [7, 11) is 0. The number of para-hydroxylation sites is 1. The number of rotatable bonds is 3. The first-order valence-electron chi connectivity index (χ1n) is 10.9. The summed E-state index contributed by atoms with van der Waals surface area (Å²) in [4.78, 5) is 17.1. The number of aryl methyl sites for hydroxylation is 1. The molecule has 3 aliphatic rings. The molecule has 3 heterocycles. The highest BCUT2D eigenvalue weighted by molar-refractivity contribution is 8.27. The van der Waals surface area contributed by atoms with Gasteiger partial charge in [-0.2, -0.15) is 15.1 Å². The van der Waals surface area contributed by atoms with Gasteiger partial charge < -0.3 is 4.57 Å². The van der Waals surface area contributed by atoms with Crippen LogP contribution in [0.2, 0.25) is 5.02 Å². The Labute approximate surface area is 196 Å². The van der Waals surface area contributed by atoms with Crippen molar-refractivity contribution in [2.45, 2.75) is 46.0 Å². The number of hydrazone groups is 1. The van der Waals surface area contributed by atoms with Crippen molar-refractivity contribution in [1.82, 2.24) is 9.58 Å². The predicted molar refractivity (Wildman–Crippen MR) is 132 cm³/mol. The van der Waals surface area contributed by atoms with Gasteiger partial charge in [-0.05, 0) is 68.3 Å². The van der Waals surface area contributed by atoms with Crippen molar-refractivity contribution in [3.05, 3.63) is 57.9 Å². The van der Waals surface area contributed by atoms with E-state index in [-0.39, 0.29) is 11.4 Å². The lowest BCUT2D eigenvalue weighted by molar-refractivity contribution is -0.114. The molecule has 1 aliphatic carbocycles. The molecule has 2 aliphatic heterocycles. The van der Waals surface area contributed by atoms with Crippen LogP contribution in [-0.4, -0.2) is 31.5 Å². The molecular weight excluding hydrogens is 442 g/mol. The summed E-state index contributed by atoms with van der Waals surface area (Å²) in [5.74, 6) is 0.101. The van der Waals surface area contributed by atoms with Gasteiger partial charge in [-0.1, -0.05) is 43.0 Å². The van der Waals surface area contributed by atoms with Gasteiger partial charge in [-0.15, -0.1) is 0 Å². The lowest BCUT2D eigenvalue weighted by atomic mass is 9.90. The Hall–Kier alpha value is -2.64. The Kier molecular flexibility index (Phi) is 5.55. The number of halogens is 1. The predicted octanol–water partition coefficient (Wildman–Crippen LogP) is 5.95. The van der Waals surface area contributed by atoms with Crippen LogP contribution in [0, 0.1) is 25.2 Å². The zero-order valence-corrected chi connectivity index (χ0v) is 19.6. The zero-order chi connectivity index (χ0) is 22.4. The van der Waals surface area contributed by atoms with E-state index in [0.717, 1.165) is 40.5 Å². The molecule has 32 heavy (non-hydrogen) atoms. The number of aromatic nitrogens is 1. The number of carbonyl (C=O) groups is 1. The van der Waals surface area contributed by atoms with Gasteiger partial charge in [-0.25, -0.2) is 0 Å². The third-order valence-corrected chi connectivity index (χ3v) is 7.68. The van der Waals surface area contributed by atoms with E-state index in [4.69, 9.17) is 17.0 Å². The van der Waals surface area contributed by atoms with Crippen LogP contribution in [0.1, 0.15) is 49.1 Å². The Morgan fingerprint density at radius 3 is 2.69 bits per heavy atom. The van der Waals surface area contributed by atoms with Gasteiger partial charge in [0.2, 0.25) is 5.17 Å². The molecule has 5 rings (SSSR count). The molecule has 1 N–H and O–H groups in total. The fraction of sp³-hybridized carbons (Fsp3) is 0.333. The van der Waals surface area contributed by atoms with Gasteiger partial charge in [0.25, 0.3) is 5.91 Å². The molecule has 0 bridgehead atoms. The molecule has 0 spiro atoms. The normalized spacial score (nSPS) is 20.6. The van der Waals surface area contributed by atoms with Crippen molar-refractivity contribution in [1.29, 1.82) is 5.41 Å². The molecule has 1 saturated carbocycles. The summed E-state index contributed by atoms with van der Waals surface area (Å²) in [6, 6.07) is 9.67. The number of nitrogens with zero attached hydrogens (tertiary/aromatic N) is 4. The van der Waals surface area contributed by atoms with E-state index in [1.54, 1.807) is 6.08 Å². The Bertz CT molecular complexity index is 1220. The van der Waals surface area contributed by atoms with Gasteiger partial charge in [0.15, 0.2) is 5.84 Å². The monoisotopic (exact) mass is 465 g/mol. The van der Waals surface area contributed by atoms with E-state index in [9.17, 15) is 4.79 Å². The molecule has 1 fully saturated rings. The van der Waals surface area contributed by atoms with Crippen LogP contribution in [-0.2, 0) is 4.79 Å². The van der Waals surface area contributed by atoms with Crippen LogP contribution in [0.3, 0.4) is 0 Å². The van der Waals surface area contributed by atoms with Crippen molar-refractivity contribution in [2.24, 2.45) is 16.0 Å². The number of nitrogens with one attached hydrogen (secondary N) is 1. The van der Waals surface area contributed by atoms with Crippen LogP contribution in [0.5, 0.6) is 0 Å². The summed E-state index contributed by atoms with van der Waals surface area (Å²) in [6.45, 7) is 3.99. The maximum Gasteiger partial charge on any atom is 0.283 e. The molecule has 1 aromatic carbocycles. The van der Waals surface area contributed by atoms with Crippen LogP contribution in [0.25, 0.3) is 11.8 Å². The minimum atomic E-state index is -0.392. The fourth-order valence-corrected chi connectivity index (χ4v) is 5.89. The van der Waals surface area contributed by atoms with Crippen LogP contribution < -0.4 is 0 Å². The quantitative estimate of drug-likeness (QED) is 0.569. The van der Waals surface area contributed by atoms with Gasteiger partial charge in [-0.3, -0.25) is 10.2 Å². The number of benzene rings is 1. The third kappa shape index (κ3) is 3.63. The van der Waals surface area contributed by atoms with Crippen LogP contribution in [0.15, 0.2) is 46.0 Å². The van der Waals surface area contributed by atoms with Gasteiger partial charge in [0.05, 0.1) is 16.3 Å². The van der Waals surface area contributed by atoms with Crippen molar-refractivity contribution in [3.8, 4) is 5.69 Å². The molecule has 164 valence electrons. The molecule has 1 aromatic heterocycles. The summed E-state index contributed by atoms with van der Waals surface area (Å²) in [6.07, 6.45) is 7.67. The lowest BCUT2D eigenvalue weighted by Gasteiger charge is -2.20. The minimum absolute atomic E-state index is 0.0841. The Balaban J connectivity index is 1.49. The number of fused-ring (bicyclic) bond motifs is 1. The molecule has 1 amide bonds. The third-order valence-electron chi connectivity index (χ3n) is 6.29. The van der Waals surface area contributed by atoms with Gasteiger partial charge >= 0.3 is 0 Å². The van der Waals surface area contributed by atoms with Crippen molar-refractivity contribution >= 4 is 51.4 Å². The number of hydrogen-bond donors (Lipinski definition) is 1. The van der Waals surface area contributed by atoms with Crippen molar-refractivity contribution < 1.29 is 4.79 Å². The van der Waals surface area contributed by atoms with Crippen molar-refractivity contribution in [3.63, 3.8) is 0 Å². The van der Waals surface area contributed by atoms with Crippen LogP contribution in [0.4, 0.5) is 0 Å². The van der Waals surface area contributed by atoms with Gasteiger partial charge in [0.1, 0.15) is 5.04 Å². The first kappa shape index (κ1) is 21.2. The van der Waals surface area contributed by atoms with Crippen LogP contribution >= 0.6 is 23.4 Å². The van der Waals surface area contributed by atoms with E-state index in [2.05, 4.69) is 14.7 Å². The summed E-state index contributed by atoms with van der Waals surface area (Å²) in [5, 5.41) is 17.0. The number of carbonyl (C=O) groups excluding carboxylic acids is 1. The molecule has 6 nitrogen and oxygen atoms in total. The average Bonchev–Trinajstić information content (AvgIpc) is 3.33. The number of aliphatic imine (C=N–C) groups is 1. The summed E-state index contributed by atoms with van der Waals surface area (Å²) >= 11 is 7.87. The summed E-state index contributed by atoms with van der Waals surface area (Å²) < 4.78 is 2.06. The minimum Gasteiger partial charge on any atom is -0.316 e. The molecular formula is C24H24ClN5OS. The van der Waals surface area contributed by atoms with E-state index < -0.39 is 5.91 Å². The van der Waals surface area contributed by atoms with E-state index >= 15 is 0 Å². The van der Waals surface area contributed by atoms with E-state index in [0.29, 0.717) is 16.1 Å². The van der Waals surface area contributed by atoms with E-state index in [1.807, 2.05) is 44.2 Å². The Morgan fingerprint density at radius 2 is 1.94 bits per heavy atom. The first-order valence-corrected chi connectivity index (χ1v) is 12.1. The van der Waals surface area contributed by atoms with E-state index in [1.165, 1.54) is 36.0 Å². The van der Waals surface area contributed by atoms with Crippen molar-refractivity contribution in [2.75, 3.05) is 0 Å². The highest BCUT2D eigenvalue weighted by Crippen LogP contribution is 2.36.